The highest BCUT2D eigenvalue weighted by molar-refractivity contribution is 5.92. The molecule has 28 heavy (non-hydrogen) atoms. The zero-order valence-electron chi connectivity index (χ0n) is 16.5. The predicted molar refractivity (Wildman–Crippen MR) is 112 cm³/mol. The van der Waals surface area contributed by atoms with Gasteiger partial charge in [0.15, 0.2) is 0 Å². The Morgan fingerprint density at radius 3 is 2.50 bits per heavy atom. The molecule has 0 saturated heterocycles. The maximum absolute atomic E-state index is 12.3. The fourth-order valence-electron chi connectivity index (χ4n) is 2.83. The molecule has 0 spiro atoms. The maximum atomic E-state index is 12.3. The molecule has 144 valence electrons. The van der Waals surface area contributed by atoms with E-state index in [0.29, 0.717) is 12.2 Å². The molecule has 0 aliphatic carbocycles. The number of pyridine rings is 1. The summed E-state index contributed by atoms with van der Waals surface area (Å²) in [5.41, 5.74) is 5.78. The van der Waals surface area contributed by atoms with Gasteiger partial charge in [-0.05, 0) is 67.3 Å². The lowest BCUT2D eigenvalue weighted by molar-refractivity contribution is 0.0949. The van der Waals surface area contributed by atoms with E-state index in [2.05, 4.69) is 47.7 Å². The van der Waals surface area contributed by atoms with Crippen molar-refractivity contribution >= 4 is 17.3 Å². The van der Waals surface area contributed by atoms with Crippen LogP contribution < -0.4 is 15.4 Å². The molecule has 0 fully saturated rings. The SMILES string of the molecule is COc1ccc(CCNC(=O)c2ccc(Nc3cc(C)ccc3C)cn2)cc1. The highest BCUT2D eigenvalue weighted by atomic mass is 16.5. The first-order valence-corrected chi connectivity index (χ1v) is 9.26. The topological polar surface area (TPSA) is 63.2 Å². The van der Waals surface area contributed by atoms with Crippen LogP contribution in [0.5, 0.6) is 5.75 Å². The molecule has 0 unspecified atom stereocenters. The molecular weight excluding hydrogens is 350 g/mol. The second kappa shape index (κ2) is 9.04. The minimum atomic E-state index is -0.174. The number of aryl methyl sites for hydroxylation is 2. The molecule has 5 nitrogen and oxygen atoms in total. The summed E-state index contributed by atoms with van der Waals surface area (Å²) in [6.45, 7) is 4.66. The third-order valence-corrected chi connectivity index (χ3v) is 4.53. The minimum Gasteiger partial charge on any atom is -0.497 e. The van der Waals surface area contributed by atoms with E-state index in [9.17, 15) is 4.79 Å². The Labute approximate surface area is 165 Å². The summed E-state index contributed by atoms with van der Waals surface area (Å²) in [4.78, 5) is 16.6. The lowest BCUT2D eigenvalue weighted by Gasteiger charge is -2.11. The summed E-state index contributed by atoms with van der Waals surface area (Å²) in [5, 5.41) is 6.26. The van der Waals surface area contributed by atoms with E-state index in [1.54, 1.807) is 19.4 Å². The van der Waals surface area contributed by atoms with Crippen molar-refractivity contribution in [2.45, 2.75) is 20.3 Å². The number of benzene rings is 2. The molecule has 3 rings (SSSR count). The predicted octanol–water partition coefficient (Wildman–Crippen LogP) is 4.42. The number of nitrogens with zero attached hydrogens (tertiary/aromatic N) is 1. The number of carbonyl (C=O) groups excluding carboxylic acids is 1. The number of hydrogen-bond acceptors (Lipinski definition) is 4. The maximum Gasteiger partial charge on any atom is 0.269 e. The number of methoxy groups -OCH3 is 1. The van der Waals surface area contributed by atoms with Gasteiger partial charge in [0.25, 0.3) is 5.91 Å². The van der Waals surface area contributed by atoms with Crippen LogP contribution in [0.15, 0.2) is 60.8 Å². The fourth-order valence-corrected chi connectivity index (χ4v) is 2.83. The quantitative estimate of drug-likeness (QED) is 0.641. The second-order valence-electron chi connectivity index (χ2n) is 6.73. The Morgan fingerprint density at radius 2 is 1.82 bits per heavy atom. The van der Waals surface area contributed by atoms with E-state index in [4.69, 9.17) is 4.74 Å². The van der Waals surface area contributed by atoms with Crippen LogP contribution in [0.25, 0.3) is 0 Å². The monoisotopic (exact) mass is 375 g/mol. The number of nitrogens with one attached hydrogen (secondary N) is 2. The standard InChI is InChI=1S/C23H25N3O2/c1-16-4-5-17(2)22(14-16)26-19-8-11-21(25-15-19)23(27)24-13-12-18-6-9-20(28-3)10-7-18/h4-11,14-15,26H,12-13H2,1-3H3,(H,24,27). The van der Waals surface area contributed by atoms with E-state index in [0.717, 1.165) is 34.7 Å². The van der Waals surface area contributed by atoms with Crippen LogP contribution in [0.2, 0.25) is 0 Å². The third kappa shape index (κ3) is 5.10. The van der Waals surface area contributed by atoms with Gasteiger partial charge in [-0.15, -0.1) is 0 Å². The second-order valence-corrected chi connectivity index (χ2v) is 6.73. The Kier molecular flexibility index (Phi) is 6.27. The summed E-state index contributed by atoms with van der Waals surface area (Å²) in [6, 6.07) is 17.7. The molecule has 0 saturated carbocycles. The summed E-state index contributed by atoms with van der Waals surface area (Å²) in [6.07, 6.45) is 2.43. The smallest absolute Gasteiger partial charge is 0.269 e. The van der Waals surface area contributed by atoms with Crippen LogP contribution in [0.3, 0.4) is 0 Å². The van der Waals surface area contributed by atoms with Crippen LogP contribution >= 0.6 is 0 Å². The van der Waals surface area contributed by atoms with Gasteiger partial charge in [0.05, 0.1) is 19.0 Å². The van der Waals surface area contributed by atoms with Crippen LogP contribution in [0, 0.1) is 13.8 Å². The molecule has 5 heteroatoms. The summed E-state index contributed by atoms with van der Waals surface area (Å²) in [5.74, 6) is 0.651. The Balaban J connectivity index is 1.53. The van der Waals surface area contributed by atoms with Crippen LogP contribution in [-0.2, 0) is 6.42 Å². The Hall–Kier alpha value is -3.34. The van der Waals surface area contributed by atoms with Crippen LogP contribution in [-0.4, -0.2) is 24.5 Å². The first-order valence-electron chi connectivity index (χ1n) is 9.26. The van der Waals surface area contributed by atoms with Gasteiger partial charge in [-0.1, -0.05) is 24.3 Å². The Morgan fingerprint density at radius 1 is 1.04 bits per heavy atom. The van der Waals surface area contributed by atoms with Gasteiger partial charge < -0.3 is 15.4 Å². The molecule has 1 heterocycles. The van der Waals surface area contributed by atoms with Gasteiger partial charge in [0.1, 0.15) is 11.4 Å². The van der Waals surface area contributed by atoms with E-state index in [1.807, 2.05) is 30.3 Å². The molecule has 2 aromatic carbocycles. The summed E-state index contributed by atoms with van der Waals surface area (Å²) in [7, 11) is 1.64. The van der Waals surface area contributed by atoms with E-state index < -0.39 is 0 Å². The molecule has 0 aliphatic heterocycles. The van der Waals surface area contributed by atoms with Gasteiger partial charge in [0, 0.05) is 12.2 Å². The number of hydrogen-bond donors (Lipinski definition) is 2. The first kappa shape index (κ1) is 19.4. The average molecular weight is 375 g/mol. The minimum absolute atomic E-state index is 0.174. The number of amides is 1. The lowest BCUT2D eigenvalue weighted by atomic mass is 10.1. The first-order chi connectivity index (χ1) is 13.5. The van der Waals surface area contributed by atoms with Crippen molar-refractivity contribution in [2.75, 3.05) is 19.0 Å². The normalized spacial score (nSPS) is 10.4. The van der Waals surface area contributed by atoms with Gasteiger partial charge in [-0.3, -0.25) is 4.79 Å². The molecule has 0 aliphatic rings. The van der Waals surface area contributed by atoms with E-state index in [1.165, 1.54) is 5.56 Å². The molecule has 3 aromatic rings. The molecule has 2 N–H and O–H groups in total. The molecule has 1 amide bonds. The fraction of sp³-hybridized carbons (Fsp3) is 0.217. The number of anilines is 2. The number of carbonyl (C=O) groups is 1. The number of rotatable bonds is 7. The van der Waals surface area contributed by atoms with Crippen molar-refractivity contribution in [2.24, 2.45) is 0 Å². The van der Waals surface area contributed by atoms with Crippen LogP contribution in [0.1, 0.15) is 27.2 Å². The van der Waals surface area contributed by atoms with E-state index in [-0.39, 0.29) is 5.91 Å². The summed E-state index contributed by atoms with van der Waals surface area (Å²) >= 11 is 0. The average Bonchev–Trinajstić information content (AvgIpc) is 2.71. The molecule has 0 bridgehead atoms. The van der Waals surface area contributed by atoms with Crippen molar-refractivity contribution in [1.82, 2.24) is 10.3 Å². The van der Waals surface area contributed by atoms with Crippen molar-refractivity contribution in [1.29, 1.82) is 0 Å². The zero-order valence-corrected chi connectivity index (χ0v) is 16.5. The van der Waals surface area contributed by atoms with Crippen LogP contribution in [0.4, 0.5) is 11.4 Å². The van der Waals surface area contributed by atoms with Crippen molar-refractivity contribution in [3.05, 3.63) is 83.2 Å². The molecule has 0 radical (unpaired) electrons. The molecule has 0 atom stereocenters. The number of aromatic nitrogens is 1. The highest BCUT2D eigenvalue weighted by Gasteiger charge is 2.07. The largest absolute Gasteiger partial charge is 0.497 e. The lowest BCUT2D eigenvalue weighted by Crippen LogP contribution is -2.26. The zero-order chi connectivity index (χ0) is 19.9. The van der Waals surface area contributed by atoms with E-state index >= 15 is 0 Å². The highest BCUT2D eigenvalue weighted by Crippen LogP contribution is 2.21. The van der Waals surface area contributed by atoms with Gasteiger partial charge >= 0.3 is 0 Å². The van der Waals surface area contributed by atoms with Gasteiger partial charge in [0.2, 0.25) is 0 Å². The molecule has 1 aromatic heterocycles. The number of ether oxygens (including phenoxy) is 1. The summed E-state index contributed by atoms with van der Waals surface area (Å²) < 4.78 is 5.15. The van der Waals surface area contributed by atoms with Gasteiger partial charge in [-0.2, -0.15) is 0 Å². The third-order valence-electron chi connectivity index (χ3n) is 4.53. The van der Waals surface area contributed by atoms with Gasteiger partial charge in [-0.25, -0.2) is 4.98 Å². The van der Waals surface area contributed by atoms with Crippen molar-refractivity contribution in [3.63, 3.8) is 0 Å². The van der Waals surface area contributed by atoms with Crippen molar-refractivity contribution in [3.8, 4) is 5.75 Å². The van der Waals surface area contributed by atoms with Crippen molar-refractivity contribution < 1.29 is 9.53 Å². The Bertz CT molecular complexity index is 935. The molecular formula is C23H25N3O2.